The van der Waals surface area contributed by atoms with Gasteiger partial charge in [0.05, 0.1) is 0 Å². The Labute approximate surface area is 170 Å². The highest BCUT2D eigenvalue weighted by Crippen LogP contribution is 2.22. The molecule has 2 fully saturated rings. The minimum atomic E-state index is -2.72. The minimum Gasteiger partial charge on any atom is -0.372 e. The van der Waals surface area contributed by atoms with Crippen molar-refractivity contribution in [3.8, 4) is 0 Å². The fraction of sp³-hybridized carbons (Fsp3) is 0.455. The molecule has 0 unspecified atom stereocenters. The Hall–Kier alpha value is -1.74. The smallest absolute Gasteiger partial charge is 0.112 e. The average molecular weight is 363 g/mol. The van der Waals surface area contributed by atoms with Gasteiger partial charge in [0.1, 0.15) is 8.07 Å². The first-order valence-corrected chi connectivity index (χ1v) is 11.4. The summed E-state index contributed by atoms with van der Waals surface area (Å²) in [7, 11) is -2.53. The predicted octanol–water partition coefficient (Wildman–Crippen LogP) is 3.71. The molecule has 2 aliphatic rings. The molecule has 2 saturated heterocycles. The van der Waals surface area contributed by atoms with Gasteiger partial charge < -0.3 is 9.80 Å². The van der Waals surface area contributed by atoms with E-state index in [9.17, 15) is 0 Å². The molecule has 4 rings (SSSR count). The van der Waals surface area contributed by atoms with Crippen LogP contribution < -0.4 is 20.2 Å². The van der Waals surface area contributed by atoms with E-state index in [1.807, 2.05) is 25.2 Å². The van der Waals surface area contributed by atoms with Crippen LogP contribution >= 0.6 is 0 Å². The predicted molar refractivity (Wildman–Crippen MR) is 113 cm³/mol. The standard InChI is InChI=1S/C22H30N2Si/c1-25(2,21-11-7-9-19(17-21)23-13-3-4-14-23)22-12-8-10-20(18-22)24-15-5-6-16-24/h7-12,17-18H,3-6,13-16H2,1-2H3/i3D2,4D2,5D2,6D2,13D2,15D2. The van der Waals surface area contributed by atoms with Gasteiger partial charge in [0.25, 0.3) is 0 Å². The Bertz CT molecular complexity index is 1120. The van der Waals surface area contributed by atoms with E-state index < -0.39 is 59.6 Å². The van der Waals surface area contributed by atoms with Crippen LogP contribution in [-0.2, 0) is 0 Å². The molecular formula is C22H30N2Si. The highest BCUT2D eigenvalue weighted by Gasteiger charge is 2.27. The first-order valence-electron chi connectivity index (χ1n) is 14.4. The lowest BCUT2D eigenvalue weighted by Crippen LogP contribution is -2.53. The molecule has 2 aromatic carbocycles. The van der Waals surface area contributed by atoms with Crippen LogP contribution in [0.1, 0.15) is 41.9 Å². The van der Waals surface area contributed by atoms with E-state index in [1.54, 1.807) is 36.4 Å². The third-order valence-corrected chi connectivity index (χ3v) is 8.30. The molecule has 3 heteroatoms. The molecule has 2 aliphatic heterocycles. The summed E-state index contributed by atoms with van der Waals surface area (Å²) in [6.45, 7) is -1.94. The number of anilines is 2. The molecule has 0 saturated carbocycles. The number of hydrogen-bond acceptors (Lipinski definition) is 2. The zero-order chi connectivity index (χ0) is 28.0. The summed E-state index contributed by atoms with van der Waals surface area (Å²) < 4.78 is 97.9. The number of rotatable bonds is 4. The topological polar surface area (TPSA) is 6.48 Å². The van der Waals surface area contributed by atoms with Gasteiger partial charge >= 0.3 is 0 Å². The Morgan fingerprint density at radius 1 is 0.760 bits per heavy atom. The average Bonchev–Trinajstić information content (AvgIpc) is 3.01. The second kappa shape index (κ2) is 6.87. The van der Waals surface area contributed by atoms with Crippen molar-refractivity contribution in [1.82, 2.24) is 0 Å². The maximum atomic E-state index is 8.34. The maximum Gasteiger partial charge on any atom is 0.112 e. The van der Waals surface area contributed by atoms with E-state index in [2.05, 4.69) is 0 Å². The second-order valence-electron chi connectivity index (χ2n) is 6.73. The van der Waals surface area contributed by atoms with Gasteiger partial charge in [0.2, 0.25) is 0 Å². The van der Waals surface area contributed by atoms with Gasteiger partial charge in [-0.25, -0.2) is 0 Å². The molecule has 2 nitrogen and oxygen atoms in total. The molecule has 0 aliphatic carbocycles. The van der Waals surface area contributed by atoms with Crippen molar-refractivity contribution in [3.63, 3.8) is 0 Å². The van der Waals surface area contributed by atoms with E-state index in [1.165, 1.54) is 0 Å². The summed E-state index contributed by atoms with van der Waals surface area (Å²) in [5, 5.41) is 1.72. The van der Waals surface area contributed by atoms with Gasteiger partial charge in [0.15, 0.2) is 0 Å². The zero-order valence-corrected chi connectivity index (χ0v) is 15.4. The number of hydrogen-bond donors (Lipinski definition) is 0. The van der Waals surface area contributed by atoms with Crippen molar-refractivity contribution < 1.29 is 16.4 Å². The largest absolute Gasteiger partial charge is 0.372 e. The van der Waals surface area contributed by atoms with E-state index >= 15 is 0 Å². The van der Waals surface area contributed by atoms with Crippen molar-refractivity contribution in [2.24, 2.45) is 0 Å². The highest BCUT2D eigenvalue weighted by atomic mass is 28.3. The van der Waals surface area contributed by atoms with Crippen LogP contribution in [0.4, 0.5) is 11.4 Å². The van der Waals surface area contributed by atoms with E-state index in [-0.39, 0.29) is 0 Å². The molecule has 2 heterocycles. The first-order chi connectivity index (χ1) is 16.6. The molecule has 0 radical (unpaired) electrons. The van der Waals surface area contributed by atoms with Crippen LogP contribution in [0, 0.1) is 0 Å². The number of benzene rings is 2. The van der Waals surface area contributed by atoms with Gasteiger partial charge in [-0.2, -0.15) is 0 Å². The number of nitrogens with zero attached hydrogens (tertiary/aromatic N) is 2. The fourth-order valence-corrected chi connectivity index (χ4v) is 5.51. The maximum absolute atomic E-state index is 8.34. The lowest BCUT2D eigenvalue weighted by molar-refractivity contribution is 0.949. The Kier molecular flexibility index (Phi) is 2.16. The van der Waals surface area contributed by atoms with Crippen molar-refractivity contribution >= 4 is 29.8 Å². The Morgan fingerprint density at radius 3 is 1.64 bits per heavy atom. The second-order valence-corrected chi connectivity index (χ2v) is 11.1. The molecule has 0 bridgehead atoms. The normalized spacial score (nSPS) is 37.4. The lowest BCUT2D eigenvalue weighted by Gasteiger charge is -2.28. The molecule has 0 spiro atoms. The van der Waals surface area contributed by atoms with Gasteiger partial charge in [0, 0.05) is 53.9 Å². The summed E-state index contributed by atoms with van der Waals surface area (Å²) >= 11 is 0. The van der Waals surface area contributed by atoms with Gasteiger partial charge in [-0.05, 0) is 49.8 Å². The van der Waals surface area contributed by atoms with Crippen molar-refractivity contribution in [1.29, 1.82) is 0 Å². The van der Waals surface area contributed by atoms with Crippen LogP contribution in [0.3, 0.4) is 0 Å². The SMILES string of the molecule is [2H]C1([2H])CN(c2cccc([Si](C)(C)c3cccc(N4CC([2H])([2H])C([2H])([2H])C4([2H])[2H])c3)c2)C([2H])([2H])C1([2H])[2H]. The van der Waals surface area contributed by atoms with Gasteiger partial charge in [-0.15, -0.1) is 0 Å². The van der Waals surface area contributed by atoms with E-state index in [4.69, 9.17) is 16.4 Å². The first kappa shape index (κ1) is 7.87. The van der Waals surface area contributed by atoms with E-state index in [0.717, 1.165) is 20.2 Å². The molecule has 0 aromatic heterocycles. The summed E-state index contributed by atoms with van der Waals surface area (Å²) in [4.78, 5) is 2.25. The van der Waals surface area contributed by atoms with E-state index in [0.29, 0.717) is 11.4 Å². The highest BCUT2D eigenvalue weighted by molar-refractivity contribution is 7.00. The molecule has 0 amide bonds. The van der Waals surface area contributed by atoms with Crippen LogP contribution in [0.25, 0.3) is 0 Å². The minimum absolute atomic E-state index is 0.363. The molecule has 0 N–H and O–H groups in total. The summed E-state index contributed by atoms with van der Waals surface area (Å²) in [5.74, 6) is 0. The monoisotopic (exact) mass is 362 g/mol. The quantitative estimate of drug-likeness (QED) is 0.765. The van der Waals surface area contributed by atoms with Crippen molar-refractivity contribution in [2.45, 2.75) is 38.6 Å². The zero-order valence-electron chi connectivity index (χ0n) is 26.4. The van der Waals surface area contributed by atoms with Crippen LogP contribution in [0.15, 0.2) is 48.5 Å². The van der Waals surface area contributed by atoms with Gasteiger partial charge in [-0.1, -0.05) is 47.7 Å². The molecule has 132 valence electrons. The third kappa shape index (κ3) is 3.34. The molecule has 25 heavy (non-hydrogen) atoms. The summed E-state index contributed by atoms with van der Waals surface area (Å²) in [6.07, 6.45) is -10.2. The Balaban J connectivity index is 1.72. The van der Waals surface area contributed by atoms with Crippen molar-refractivity contribution in [2.75, 3.05) is 35.9 Å². The molecule has 2 aromatic rings. The molecule has 0 atom stereocenters. The van der Waals surface area contributed by atoms with Crippen LogP contribution in [-0.4, -0.2) is 34.2 Å². The van der Waals surface area contributed by atoms with Gasteiger partial charge in [-0.3, -0.25) is 0 Å². The van der Waals surface area contributed by atoms with Crippen molar-refractivity contribution in [3.05, 3.63) is 48.5 Å². The third-order valence-electron chi connectivity index (χ3n) is 4.79. The fourth-order valence-electron chi connectivity index (χ4n) is 3.13. The van der Waals surface area contributed by atoms with Crippen LogP contribution in [0.5, 0.6) is 0 Å². The summed E-state index contributed by atoms with van der Waals surface area (Å²) in [6, 6.07) is 14.0. The lowest BCUT2D eigenvalue weighted by atomic mass is 10.3. The molecular weight excluding hydrogens is 320 g/mol. The summed E-state index contributed by atoms with van der Waals surface area (Å²) in [5.41, 5.74) is 0.725. The Morgan fingerprint density at radius 2 is 1.24 bits per heavy atom. The van der Waals surface area contributed by atoms with Crippen LogP contribution in [0.2, 0.25) is 13.1 Å².